The summed E-state index contributed by atoms with van der Waals surface area (Å²) < 4.78 is 10.8. The minimum absolute atomic E-state index is 0. The van der Waals surface area contributed by atoms with Gasteiger partial charge in [-0.2, -0.15) is 0 Å². The Labute approximate surface area is 194 Å². The highest BCUT2D eigenvalue weighted by Crippen LogP contribution is 2.31. The van der Waals surface area contributed by atoms with Gasteiger partial charge in [-0.15, -0.1) is 35.3 Å². The summed E-state index contributed by atoms with van der Waals surface area (Å²) in [4.78, 5) is 12.2. The lowest BCUT2D eigenvalue weighted by Crippen LogP contribution is -2.41. The fourth-order valence-electron chi connectivity index (χ4n) is 2.83. The summed E-state index contributed by atoms with van der Waals surface area (Å²) in [5, 5.41) is 7.80. The van der Waals surface area contributed by atoms with Gasteiger partial charge in [0.05, 0.1) is 26.8 Å². The highest BCUT2D eigenvalue weighted by Gasteiger charge is 2.17. The number of hydrogen-bond donors (Lipinski definition) is 2. The number of benzene rings is 1. The van der Waals surface area contributed by atoms with E-state index in [1.165, 1.54) is 4.88 Å². The summed E-state index contributed by atoms with van der Waals surface area (Å²) in [6, 6.07) is 6.16. The van der Waals surface area contributed by atoms with E-state index in [0.717, 1.165) is 34.5 Å². The van der Waals surface area contributed by atoms with E-state index < -0.39 is 0 Å². The van der Waals surface area contributed by atoms with E-state index in [0.29, 0.717) is 13.1 Å². The Kier molecular flexibility index (Phi) is 11.3. The van der Waals surface area contributed by atoms with Crippen LogP contribution in [0.5, 0.6) is 11.5 Å². The number of aryl methyl sites for hydroxylation is 1. The maximum absolute atomic E-state index is 5.45. The minimum atomic E-state index is 0. The third kappa shape index (κ3) is 7.31. The number of ether oxygens (including phenoxy) is 2. The van der Waals surface area contributed by atoms with E-state index >= 15 is 0 Å². The molecule has 0 saturated carbocycles. The van der Waals surface area contributed by atoms with Gasteiger partial charge in [0.2, 0.25) is 0 Å². The molecule has 0 aliphatic carbocycles. The molecule has 1 aromatic heterocycles. The summed E-state index contributed by atoms with van der Waals surface area (Å²) in [6.07, 6.45) is 2.96. The average molecular weight is 533 g/mol. The van der Waals surface area contributed by atoms with Crippen molar-refractivity contribution in [3.05, 3.63) is 39.8 Å². The molecule has 1 aromatic carbocycles. The molecule has 1 atom stereocenters. The first-order valence-corrected chi connectivity index (χ1v) is 10.1. The number of thiazole rings is 1. The number of rotatable bonds is 9. The Morgan fingerprint density at radius 1 is 1.21 bits per heavy atom. The van der Waals surface area contributed by atoms with Crippen LogP contribution in [0, 0.1) is 0 Å². The van der Waals surface area contributed by atoms with Crippen molar-refractivity contribution in [3.8, 4) is 11.5 Å². The number of halogens is 1. The van der Waals surface area contributed by atoms with Crippen molar-refractivity contribution in [1.82, 2.24) is 20.5 Å². The van der Waals surface area contributed by atoms with Crippen molar-refractivity contribution in [2.24, 2.45) is 4.99 Å². The lowest BCUT2D eigenvalue weighted by molar-refractivity contribution is 0.295. The number of nitrogens with one attached hydrogen (secondary N) is 2. The van der Waals surface area contributed by atoms with Gasteiger partial charge in [0, 0.05) is 24.7 Å². The first-order valence-electron chi connectivity index (χ1n) is 9.28. The van der Waals surface area contributed by atoms with Gasteiger partial charge in [-0.3, -0.25) is 4.99 Å². The van der Waals surface area contributed by atoms with Gasteiger partial charge in [0.15, 0.2) is 17.5 Å². The number of likely N-dealkylation sites (N-methyl/N-ethyl adjacent to an activating group) is 1. The third-order valence-electron chi connectivity index (χ3n) is 4.46. The number of guanidine groups is 1. The summed E-state index contributed by atoms with van der Waals surface area (Å²) in [7, 11) is 9.18. The number of aliphatic imine (C=N–C) groups is 1. The van der Waals surface area contributed by atoms with E-state index in [4.69, 9.17) is 9.47 Å². The Bertz CT molecular complexity index is 782. The van der Waals surface area contributed by atoms with Crippen LogP contribution in [0.25, 0.3) is 0 Å². The predicted octanol–water partition coefficient (Wildman–Crippen LogP) is 3.31. The van der Waals surface area contributed by atoms with E-state index in [2.05, 4.69) is 52.6 Å². The van der Waals surface area contributed by atoms with Crippen molar-refractivity contribution in [3.63, 3.8) is 0 Å². The van der Waals surface area contributed by atoms with E-state index in [1.807, 2.05) is 18.3 Å². The molecule has 162 valence electrons. The van der Waals surface area contributed by atoms with Crippen molar-refractivity contribution < 1.29 is 9.47 Å². The lowest BCUT2D eigenvalue weighted by atomic mass is 10.1. The summed E-state index contributed by atoms with van der Waals surface area (Å²) in [5.41, 5.74) is 1.14. The second kappa shape index (κ2) is 12.9. The molecular weight excluding hydrogens is 501 g/mol. The average Bonchev–Trinajstić information content (AvgIpc) is 3.18. The molecule has 0 aliphatic heterocycles. The number of methoxy groups -OCH3 is 2. The highest BCUT2D eigenvalue weighted by molar-refractivity contribution is 14.0. The largest absolute Gasteiger partial charge is 0.493 e. The first-order chi connectivity index (χ1) is 13.5. The lowest BCUT2D eigenvalue weighted by Gasteiger charge is -2.26. The molecule has 29 heavy (non-hydrogen) atoms. The van der Waals surface area contributed by atoms with Crippen LogP contribution < -0.4 is 20.1 Å². The molecule has 9 heteroatoms. The number of nitrogens with zero attached hydrogens (tertiary/aromatic N) is 3. The molecule has 7 nitrogen and oxygen atoms in total. The zero-order valence-electron chi connectivity index (χ0n) is 18.0. The predicted molar refractivity (Wildman–Crippen MR) is 131 cm³/mol. The van der Waals surface area contributed by atoms with Crippen LogP contribution in [0.4, 0.5) is 0 Å². The molecule has 0 fully saturated rings. The molecule has 2 aromatic rings. The number of hydrogen-bond acceptors (Lipinski definition) is 6. The van der Waals surface area contributed by atoms with E-state index in [9.17, 15) is 0 Å². The van der Waals surface area contributed by atoms with Gasteiger partial charge in [-0.25, -0.2) is 4.98 Å². The van der Waals surface area contributed by atoms with Crippen molar-refractivity contribution >= 4 is 41.3 Å². The molecule has 0 amide bonds. The van der Waals surface area contributed by atoms with Gasteiger partial charge in [0.1, 0.15) is 5.01 Å². The van der Waals surface area contributed by atoms with E-state index in [1.54, 1.807) is 32.6 Å². The number of aromatic nitrogens is 1. The molecule has 0 spiro atoms. The van der Waals surface area contributed by atoms with Gasteiger partial charge in [-0.1, -0.05) is 13.0 Å². The summed E-state index contributed by atoms with van der Waals surface area (Å²) in [6.45, 7) is 3.49. The highest BCUT2D eigenvalue weighted by atomic mass is 127. The second-order valence-electron chi connectivity index (χ2n) is 6.47. The first kappa shape index (κ1) is 25.4. The molecule has 1 unspecified atom stereocenters. The van der Waals surface area contributed by atoms with Gasteiger partial charge >= 0.3 is 0 Å². The standard InChI is InChI=1S/C20H31N5O2S.HI/c1-7-15-11-22-19(28-15)13-24-20(21-2)23-12-16(25(3)4)14-8-9-17(26-5)18(10-14)27-6;/h8-11,16H,7,12-13H2,1-6H3,(H2,21,23,24);1H. The maximum Gasteiger partial charge on any atom is 0.191 e. The topological polar surface area (TPSA) is 71.0 Å². The molecule has 2 N–H and O–H groups in total. The van der Waals surface area contributed by atoms with Crippen LogP contribution in [0.1, 0.15) is 28.4 Å². The normalized spacial score (nSPS) is 12.3. The van der Waals surface area contributed by atoms with Gasteiger partial charge < -0.3 is 25.0 Å². The Hall–Kier alpha value is -1.59. The minimum Gasteiger partial charge on any atom is -0.493 e. The molecule has 2 rings (SSSR count). The third-order valence-corrected chi connectivity index (χ3v) is 5.60. The zero-order valence-corrected chi connectivity index (χ0v) is 21.1. The van der Waals surface area contributed by atoms with Crippen molar-refractivity contribution in [2.75, 3.05) is 41.9 Å². The molecular formula is C20H32IN5O2S. The summed E-state index contributed by atoms with van der Waals surface area (Å²) in [5.74, 6) is 2.20. The quantitative estimate of drug-likeness (QED) is 0.293. The van der Waals surface area contributed by atoms with Crippen LogP contribution in [-0.4, -0.2) is 57.8 Å². The van der Waals surface area contributed by atoms with Crippen LogP contribution in [0.2, 0.25) is 0 Å². The Morgan fingerprint density at radius 3 is 2.48 bits per heavy atom. The fourth-order valence-corrected chi connectivity index (χ4v) is 3.63. The smallest absolute Gasteiger partial charge is 0.191 e. The van der Waals surface area contributed by atoms with E-state index in [-0.39, 0.29) is 30.0 Å². The van der Waals surface area contributed by atoms with Crippen molar-refractivity contribution in [1.29, 1.82) is 0 Å². The molecule has 0 bridgehead atoms. The SMILES string of the molecule is CCc1cnc(CNC(=NC)NCC(c2ccc(OC)c(OC)c2)N(C)C)s1.I. The Balaban J connectivity index is 0.00000420. The maximum atomic E-state index is 5.45. The zero-order chi connectivity index (χ0) is 20.5. The Morgan fingerprint density at radius 2 is 1.93 bits per heavy atom. The van der Waals surface area contributed by atoms with Crippen LogP contribution in [-0.2, 0) is 13.0 Å². The van der Waals surface area contributed by atoms with Crippen molar-refractivity contribution in [2.45, 2.75) is 25.9 Å². The van der Waals surface area contributed by atoms with Gasteiger partial charge in [-0.05, 0) is 38.2 Å². The molecule has 1 heterocycles. The monoisotopic (exact) mass is 533 g/mol. The molecule has 0 saturated heterocycles. The van der Waals surface area contributed by atoms with Crippen LogP contribution >= 0.6 is 35.3 Å². The summed E-state index contributed by atoms with van der Waals surface area (Å²) >= 11 is 1.73. The molecule has 0 radical (unpaired) electrons. The second-order valence-corrected chi connectivity index (χ2v) is 7.67. The molecule has 0 aliphatic rings. The fraction of sp³-hybridized carbons (Fsp3) is 0.500. The van der Waals surface area contributed by atoms with Crippen LogP contribution in [0.15, 0.2) is 29.4 Å². The van der Waals surface area contributed by atoms with Gasteiger partial charge in [0.25, 0.3) is 0 Å². The van der Waals surface area contributed by atoms with Crippen LogP contribution in [0.3, 0.4) is 0 Å².